The summed E-state index contributed by atoms with van der Waals surface area (Å²) in [6.07, 6.45) is 16.9. The van der Waals surface area contributed by atoms with E-state index in [2.05, 4.69) is 39.2 Å². The van der Waals surface area contributed by atoms with E-state index in [1.165, 1.54) is 77.3 Å². The lowest BCUT2D eigenvalue weighted by Crippen LogP contribution is -2.63. The van der Waals surface area contributed by atoms with Crippen molar-refractivity contribution in [1.82, 2.24) is 4.90 Å². The largest absolute Gasteiger partial charge is 0.299 e. The quantitative estimate of drug-likeness (QED) is 0.295. The van der Waals surface area contributed by atoms with Crippen molar-refractivity contribution >= 4 is 5.78 Å². The number of hydrogen-bond acceptors (Lipinski definition) is 2. The first kappa shape index (κ1) is 25.5. The van der Waals surface area contributed by atoms with E-state index in [0.29, 0.717) is 28.1 Å². The topological polar surface area (TPSA) is 20.1 Å². The zero-order valence-corrected chi connectivity index (χ0v) is 21.7. The molecule has 188 valence electrons. The summed E-state index contributed by atoms with van der Waals surface area (Å²) in [5.41, 5.74) is 1.48. The van der Waals surface area contributed by atoms with Gasteiger partial charge in [-0.15, -0.1) is 6.58 Å². The van der Waals surface area contributed by atoms with Gasteiger partial charge in [-0.05, 0) is 105 Å². The highest BCUT2D eigenvalue weighted by atomic mass is 16.1. The molecule has 0 aromatic heterocycles. The van der Waals surface area contributed by atoms with Crippen LogP contribution in [0.4, 0.5) is 0 Å². The van der Waals surface area contributed by atoms with Crippen LogP contribution in [0.2, 0.25) is 0 Å². The van der Waals surface area contributed by atoms with Crippen molar-refractivity contribution in [3.63, 3.8) is 0 Å². The van der Waals surface area contributed by atoms with E-state index in [9.17, 15) is 4.79 Å². The van der Waals surface area contributed by atoms with Gasteiger partial charge >= 0.3 is 0 Å². The van der Waals surface area contributed by atoms with E-state index < -0.39 is 0 Å². The molecule has 1 saturated heterocycles. The molecule has 6 unspecified atom stereocenters. The number of nitrogens with zero attached hydrogens (tertiary/aromatic N) is 1. The minimum absolute atomic E-state index is 0. The second-order valence-corrected chi connectivity index (χ2v) is 13.7. The molecule has 0 amide bonds. The Labute approximate surface area is 205 Å². The standard InChI is InChI=1S/C27H43NO.C3H6.CH4/c1-24(2)22-10-9-18-19(26(22,4)13-11-23(24)29)7-8-20-21-6-5-12-27(21,28-16-17-28)15-14-25(18,20)3;1-3-2;/h18-22H,5-17H2,1-4H3;3H,1H2,2H3;1H4/t18?,19?,20?,21-,22?,25+,26?,27?;;/m1../s1. The van der Waals surface area contributed by atoms with E-state index >= 15 is 0 Å². The fraction of sp³-hybridized carbons (Fsp3) is 0.903. The van der Waals surface area contributed by atoms with Crippen molar-refractivity contribution in [2.24, 2.45) is 45.8 Å². The fourth-order valence-corrected chi connectivity index (χ4v) is 10.9. The van der Waals surface area contributed by atoms with Crippen LogP contribution in [0.3, 0.4) is 0 Å². The zero-order valence-electron chi connectivity index (χ0n) is 21.7. The number of hydrogen-bond donors (Lipinski definition) is 0. The summed E-state index contributed by atoms with van der Waals surface area (Å²) in [5, 5.41) is 0. The van der Waals surface area contributed by atoms with Crippen molar-refractivity contribution in [2.45, 2.75) is 118 Å². The smallest absolute Gasteiger partial charge is 0.138 e. The second-order valence-electron chi connectivity index (χ2n) is 13.7. The SMILES string of the molecule is C.C=CC.CC1(C)C(=O)CCC2(C)C3CCC4[C@H]5CCCC5(N5CC5)CC[C@@]4(C)C3CCC12. The highest BCUT2D eigenvalue weighted by Crippen LogP contribution is 2.71. The molecule has 2 heteroatoms. The summed E-state index contributed by atoms with van der Waals surface area (Å²) in [6.45, 7) is 17.9. The summed E-state index contributed by atoms with van der Waals surface area (Å²) in [4.78, 5) is 15.7. The molecule has 0 aromatic rings. The molecule has 1 aliphatic heterocycles. The fourth-order valence-electron chi connectivity index (χ4n) is 10.9. The Kier molecular flexibility index (Phi) is 6.55. The molecule has 5 aliphatic carbocycles. The Morgan fingerprint density at radius 1 is 0.818 bits per heavy atom. The molecule has 2 nitrogen and oxygen atoms in total. The van der Waals surface area contributed by atoms with E-state index in [4.69, 9.17) is 0 Å². The minimum Gasteiger partial charge on any atom is -0.299 e. The van der Waals surface area contributed by atoms with Crippen LogP contribution in [0.5, 0.6) is 0 Å². The molecule has 6 aliphatic rings. The van der Waals surface area contributed by atoms with Crippen LogP contribution in [-0.2, 0) is 4.79 Å². The predicted octanol–water partition coefficient (Wildman–Crippen LogP) is 7.92. The summed E-state index contributed by atoms with van der Waals surface area (Å²) < 4.78 is 0. The van der Waals surface area contributed by atoms with Crippen LogP contribution in [0.1, 0.15) is 113 Å². The molecule has 0 N–H and O–H groups in total. The molecule has 0 radical (unpaired) electrons. The third-order valence-electron chi connectivity index (χ3n) is 12.3. The van der Waals surface area contributed by atoms with Crippen molar-refractivity contribution in [1.29, 1.82) is 0 Å². The average Bonchev–Trinajstić information content (AvgIpc) is 3.51. The Balaban J connectivity index is 0.000000617. The summed E-state index contributed by atoms with van der Waals surface area (Å²) in [5.74, 6) is 4.90. The lowest BCUT2D eigenvalue weighted by atomic mass is 9.37. The zero-order chi connectivity index (χ0) is 22.9. The number of carbonyl (C=O) groups excluding carboxylic acids is 1. The van der Waals surface area contributed by atoms with Gasteiger partial charge in [0, 0.05) is 30.5 Å². The van der Waals surface area contributed by atoms with Gasteiger partial charge in [0.25, 0.3) is 0 Å². The predicted molar refractivity (Wildman–Crippen MR) is 140 cm³/mol. The highest BCUT2D eigenvalue weighted by Gasteiger charge is 2.67. The van der Waals surface area contributed by atoms with Gasteiger partial charge in [-0.3, -0.25) is 9.69 Å². The molecule has 6 fully saturated rings. The number of rotatable bonds is 1. The maximum Gasteiger partial charge on any atom is 0.138 e. The van der Waals surface area contributed by atoms with Gasteiger partial charge in [-0.25, -0.2) is 0 Å². The Morgan fingerprint density at radius 3 is 2.03 bits per heavy atom. The monoisotopic (exact) mass is 455 g/mol. The van der Waals surface area contributed by atoms with E-state index in [-0.39, 0.29) is 12.8 Å². The van der Waals surface area contributed by atoms with Crippen LogP contribution >= 0.6 is 0 Å². The molecule has 8 atom stereocenters. The molecule has 0 bridgehead atoms. The van der Waals surface area contributed by atoms with Gasteiger partial charge in [0.15, 0.2) is 0 Å². The van der Waals surface area contributed by atoms with Gasteiger partial charge < -0.3 is 0 Å². The normalized spacial score (nSPS) is 49.7. The first-order valence-corrected chi connectivity index (χ1v) is 14.0. The van der Waals surface area contributed by atoms with Crippen LogP contribution in [-0.4, -0.2) is 29.3 Å². The first-order chi connectivity index (χ1) is 15.1. The Morgan fingerprint density at radius 2 is 1.39 bits per heavy atom. The number of allylic oxidation sites excluding steroid dienone is 1. The van der Waals surface area contributed by atoms with Crippen molar-refractivity contribution in [3.05, 3.63) is 12.7 Å². The maximum absolute atomic E-state index is 12.8. The first-order valence-electron chi connectivity index (χ1n) is 14.0. The molecule has 5 saturated carbocycles. The third kappa shape index (κ3) is 3.47. The molecular weight excluding hydrogens is 402 g/mol. The molecular formula is C31H53NO. The number of carbonyl (C=O) groups is 1. The average molecular weight is 456 g/mol. The molecule has 1 heterocycles. The van der Waals surface area contributed by atoms with Crippen LogP contribution < -0.4 is 0 Å². The molecule has 0 spiro atoms. The van der Waals surface area contributed by atoms with Crippen molar-refractivity contribution in [2.75, 3.05) is 13.1 Å². The van der Waals surface area contributed by atoms with Crippen molar-refractivity contribution in [3.8, 4) is 0 Å². The van der Waals surface area contributed by atoms with Crippen LogP contribution in [0.25, 0.3) is 0 Å². The number of ketones is 1. The van der Waals surface area contributed by atoms with Gasteiger partial charge in [-0.2, -0.15) is 0 Å². The highest BCUT2D eigenvalue weighted by molar-refractivity contribution is 5.85. The van der Waals surface area contributed by atoms with E-state index in [1.807, 2.05) is 6.92 Å². The Bertz CT molecular complexity index is 767. The lowest BCUT2D eigenvalue weighted by molar-refractivity contribution is -0.187. The second kappa shape index (κ2) is 8.49. The van der Waals surface area contributed by atoms with E-state index in [1.54, 1.807) is 6.08 Å². The van der Waals surface area contributed by atoms with Gasteiger partial charge in [-0.1, -0.05) is 47.6 Å². The van der Waals surface area contributed by atoms with Crippen molar-refractivity contribution < 1.29 is 4.79 Å². The Hall–Kier alpha value is -0.630. The summed E-state index contributed by atoms with van der Waals surface area (Å²) in [6, 6.07) is 0. The van der Waals surface area contributed by atoms with Gasteiger partial charge in [0.1, 0.15) is 5.78 Å². The summed E-state index contributed by atoms with van der Waals surface area (Å²) >= 11 is 0. The van der Waals surface area contributed by atoms with Crippen LogP contribution in [0, 0.1) is 45.8 Å². The number of fused-ring (bicyclic) bond motifs is 7. The summed E-state index contributed by atoms with van der Waals surface area (Å²) in [7, 11) is 0. The number of Topliss-reactive ketones (excluding diaryl/α,β-unsaturated/α-hetero) is 1. The molecule has 33 heavy (non-hydrogen) atoms. The molecule has 6 rings (SSSR count). The van der Waals surface area contributed by atoms with Gasteiger partial charge in [0.2, 0.25) is 0 Å². The third-order valence-corrected chi connectivity index (χ3v) is 12.3. The van der Waals surface area contributed by atoms with Gasteiger partial charge in [0.05, 0.1) is 0 Å². The maximum atomic E-state index is 12.8. The van der Waals surface area contributed by atoms with E-state index in [0.717, 1.165) is 30.1 Å². The minimum atomic E-state index is -0.0951. The lowest BCUT2D eigenvalue weighted by Gasteiger charge is -2.67. The van der Waals surface area contributed by atoms with Crippen LogP contribution in [0.15, 0.2) is 12.7 Å². The molecule has 0 aromatic carbocycles.